The van der Waals surface area contributed by atoms with E-state index in [1.807, 2.05) is 0 Å². The number of thiazole rings is 1. The molecule has 0 bridgehead atoms. The molecule has 0 saturated heterocycles. The van der Waals surface area contributed by atoms with Crippen LogP contribution in [0, 0.1) is 5.82 Å². The van der Waals surface area contributed by atoms with Gasteiger partial charge in [0.15, 0.2) is 15.5 Å². The van der Waals surface area contributed by atoms with E-state index in [1.165, 1.54) is 17.4 Å². The third kappa shape index (κ3) is 2.50. The number of ether oxygens (including phenoxy) is 1. The Morgan fingerprint density at radius 1 is 1.62 bits per heavy atom. The van der Waals surface area contributed by atoms with Gasteiger partial charge in [-0.3, -0.25) is 0 Å². The fourth-order valence-electron chi connectivity index (χ4n) is 1.22. The van der Waals surface area contributed by atoms with E-state index in [-0.39, 0.29) is 12.4 Å². The lowest BCUT2D eigenvalue weighted by Crippen LogP contribution is -2.13. The van der Waals surface area contributed by atoms with E-state index >= 15 is 0 Å². The molecule has 0 fully saturated rings. The van der Waals surface area contributed by atoms with E-state index < -0.39 is 11.9 Å². The maximum Gasteiger partial charge on any atom is 0.167 e. The lowest BCUT2D eigenvalue weighted by molar-refractivity contribution is 0.120. The van der Waals surface area contributed by atoms with Crippen LogP contribution >= 0.6 is 27.3 Å². The van der Waals surface area contributed by atoms with Crippen molar-refractivity contribution < 1.29 is 14.2 Å². The van der Waals surface area contributed by atoms with Crippen molar-refractivity contribution in [2.75, 3.05) is 6.61 Å². The second-order valence-corrected chi connectivity index (χ2v) is 5.68. The van der Waals surface area contributed by atoms with Crippen LogP contribution in [-0.4, -0.2) is 22.8 Å². The molecule has 2 rings (SSSR count). The van der Waals surface area contributed by atoms with Crippen LogP contribution in [0.3, 0.4) is 0 Å². The Morgan fingerprint density at radius 2 is 2.38 bits per heavy atom. The first-order valence-corrected chi connectivity index (χ1v) is 6.23. The number of fused-ring (bicyclic) bond motifs is 1. The highest BCUT2D eigenvalue weighted by atomic mass is 79.9. The minimum atomic E-state index is -0.622. The predicted molar refractivity (Wildman–Crippen MR) is 64.5 cm³/mol. The third-order valence-electron chi connectivity index (χ3n) is 1.90. The summed E-state index contributed by atoms with van der Waals surface area (Å²) in [6.07, 6.45) is -0.622. The Labute approximate surface area is 104 Å². The highest BCUT2D eigenvalue weighted by Crippen LogP contribution is 2.31. The van der Waals surface area contributed by atoms with Crippen LogP contribution in [0.15, 0.2) is 16.0 Å². The number of aliphatic hydroxyl groups excluding tert-OH is 1. The summed E-state index contributed by atoms with van der Waals surface area (Å²) >= 11 is 4.65. The zero-order valence-electron chi connectivity index (χ0n) is 8.41. The van der Waals surface area contributed by atoms with Gasteiger partial charge in [-0.05, 0) is 22.9 Å². The molecule has 0 radical (unpaired) electrons. The lowest BCUT2D eigenvalue weighted by atomic mass is 10.3. The maximum absolute atomic E-state index is 13.5. The summed E-state index contributed by atoms with van der Waals surface area (Å²) < 4.78 is 20.2. The molecular weight excluding hydrogens is 297 g/mol. The smallest absolute Gasteiger partial charge is 0.167 e. The van der Waals surface area contributed by atoms with Gasteiger partial charge in [-0.2, -0.15) is 0 Å². The van der Waals surface area contributed by atoms with Crippen LogP contribution in [0.2, 0.25) is 0 Å². The fraction of sp³-hybridized carbons (Fsp3) is 0.300. The fourth-order valence-corrected chi connectivity index (χ4v) is 2.64. The molecule has 86 valence electrons. The van der Waals surface area contributed by atoms with Crippen molar-refractivity contribution in [3.63, 3.8) is 0 Å². The number of nitrogens with zero attached hydrogens (tertiary/aromatic N) is 1. The van der Waals surface area contributed by atoms with E-state index in [1.54, 1.807) is 13.0 Å². The van der Waals surface area contributed by atoms with E-state index in [4.69, 9.17) is 9.84 Å². The molecule has 0 saturated carbocycles. The molecule has 0 aliphatic heterocycles. The third-order valence-corrected chi connectivity index (χ3v) is 3.37. The highest BCUT2D eigenvalue weighted by molar-refractivity contribution is 9.11. The van der Waals surface area contributed by atoms with Crippen molar-refractivity contribution in [3.05, 3.63) is 21.9 Å². The molecule has 16 heavy (non-hydrogen) atoms. The molecule has 1 atom stereocenters. The molecule has 0 aliphatic carbocycles. The van der Waals surface area contributed by atoms with Crippen molar-refractivity contribution in [3.8, 4) is 5.75 Å². The number of halogens is 2. The molecule has 6 heteroatoms. The molecule has 1 aromatic heterocycles. The van der Waals surface area contributed by atoms with Crippen molar-refractivity contribution in [2.24, 2.45) is 0 Å². The molecule has 1 heterocycles. The van der Waals surface area contributed by atoms with Gasteiger partial charge in [0.05, 0.1) is 16.3 Å². The Morgan fingerprint density at radius 3 is 3.06 bits per heavy atom. The van der Waals surface area contributed by atoms with Gasteiger partial charge in [-0.25, -0.2) is 9.37 Å². The number of hydrogen-bond donors (Lipinski definition) is 1. The van der Waals surface area contributed by atoms with Crippen LogP contribution < -0.4 is 4.74 Å². The van der Waals surface area contributed by atoms with Crippen molar-refractivity contribution in [1.29, 1.82) is 0 Å². The Balaban J connectivity index is 2.34. The van der Waals surface area contributed by atoms with Crippen LogP contribution in [0.5, 0.6) is 5.75 Å². The summed E-state index contributed by atoms with van der Waals surface area (Å²) in [5, 5.41) is 9.06. The predicted octanol–water partition coefficient (Wildman–Crippen LogP) is 2.96. The van der Waals surface area contributed by atoms with Gasteiger partial charge in [0.2, 0.25) is 0 Å². The quantitative estimate of drug-likeness (QED) is 0.948. The molecule has 0 spiro atoms. The number of benzene rings is 1. The minimum absolute atomic E-state index is 0.0718. The Bertz CT molecular complexity index is 515. The summed E-state index contributed by atoms with van der Waals surface area (Å²) in [6.45, 7) is 1.65. The van der Waals surface area contributed by atoms with E-state index in [2.05, 4.69) is 20.9 Å². The Kier molecular flexibility index (Phi) is 3.41. The van der Waals surface area contributed by atoms with Crippen LogP contribution in [0.4, 0.5) is 4.39 Å². The molecule has 0 unspecified atom stereocenters. The molecular formula is C10H9BrFNO2S. The molecule has 0 amide bonds. The second kappa shape index (κ2) is 4.65. The normalized spacial score (nSPS) is 13.0. The van der Waals surface area contributed by atoms with Gasteiger partial charge in [0.1, 0.15) is 6.61 Å². The first-order valence-electron chi connectivity index (χ1n) is 4.62. The van der Waals surface area contributed by atoms with Crippen molar-refractivity contribution >= 4 is 37.5 Å². The average molecular weight is 306 g/mol. The number of rotatable bonds is 3. The van der Waals surface area contributed by atoms with Crippen LogP contribution in [-0.2, 0) is 0 Å². The van der Waals surface area contributed by atoms with E-state index in [0.29, 0.717) is 9.43 Å². The zero-order chi connectivity index (χ0) is 11.7. The lowest BCUT2D eigenvalue weighted by Gasteiger charge is -2.08. The van der Waals surface area contributed by atoms with Gasteiger partial charge in [-0.1, -0.05) is 0 Å². The van der Waals surface area contributed by atoms with Gasteiger partial charge in [0, 0.05) is 12.1 Å². The van der Waals surface area contributed by atoms with Crippen LogP contribution in [0.1, 0.15) is 6.92 Å². The molecule has 0 aliphatic rings. The maximum atomic E-state index is 13.5. The second-order valence-electron chi connectivity index (χ2n) is 3.38. The topological polar surface area (TPSA) is 42.4 Å². The van der Waals surface area contributed by atoms with Crippen LogP contribution in [0.25, 0.3) is 10.2 Å². The first kappa shape index (κ1) is 11.8. The number of hydrogen-bond acceptors (Lipinski definition) is 4. The average Bonchev–Trinajstić information content (AvgIpc) is 2.53. The van der Waals surface area contributed by atoms with E-state index in [0.717, 1.165) is 4.70 Å². The number of aromatic nitrogens is 1. The molecule has 2 aromatic rings. The summed E-state index contributed by atoms with van der Waals surface area (Å²) in [4.78, 5) is 4.10. The standard InChI is InChI=1S/C10H9BrFNO2S/c1-5(14)4-15-8-3-9-7(2-6(8)12)13-10(11)16-9/h2-3,5,14H,4H2,1H3/t5-/m1/s1. The largest absolute Gasteiger partial charge is 0.488 e. The zero-order valence-corrected chi connectivity index (χ0v) is 10.8. The minimum Gasteiger partial charge on any atom is -0.488 e. The molecule has 1 N–H and O–H groups in total. The van der Waals surface area contributed by atoms with Crippen molar-refractivity contribution in [1.82, 2.24) is 4.98 Å². The van der Waals surface area contributed by atoms with Gasteiger partial charge in [0.25, 0.3) is 0 Å². The highest BCUT2D eigenvalue weighted by Gasteiger charge is 2.10. The summed E-state index contributed by atoms with van der Waals surface area (Å²) in [7, 11) is 0. The van der Waals surface area contributed by atoms with Crippen molar-refractivity contribution in [2.45, 2.75) is 13.0 Å². The Hall–Kier alpha value is -0.720. The summed E-state index contributed by atoms with van der Waals surface area (Å²) in [6, 6.07) is 2.92. The first-order chi connectivity index (χ1) is 7.56. The molecule has 1 aromatic carbocycles. The summed E-state index contributed by atoms with van der Waals surface area (Å²) in [5.74, 6) is -0.324. The van der Waals surface area contributed by atoms with Gasteiger partial charge >= 0.3 is 0 Å². The van der Waals surface area contributed by atoms with E-state index in [9.17, 15) is 4.39 Å². The van der Waals surface area contributed by atoms with Gasteiger partial charge < -0.3 is 9.84 Å². The molecule has 3 nitrogen and oxygen atoms in total. The number of aliphatic hydroxyl groups is 1. The SMILES string of the molecule is C[C@@H](O)COc1cc2sc(Br)nc2cc1F. The monoisotopic (exact) mass is 305 g/mol. The summed E-state index contributed by atoms with van der Waals surface area (Å²) in [5.41, 5.74) is 0.596. The van der Waals surface area contributed by atoms with Gasteiger partial charge in [-0.15, -0.1) is 11.3 Å².